The quantitative estimate of drug-likeness (QED) is 0.0317. The molecule has 0 bridgehead atoms. The highest BCUT2D eigenvalue weighted by molar-refractivity contribution is 7.46. The molecule has 0 aliphatic carbocycles. The highest BCUT2D eigenvalue weighted by Gasteiger charge is 2.22. The van der Waals surface area contributed by atoms with Gasteiger partial charge in [0.25, 0.3) is 0 Å². The summed E-state index contributed by atoms with van der Waals surface area (Å²) >= 11 is 0. The summed E-state index contributed by atoms with van der Waals surface area (Å²) in [5, 5.41) is 0. The number of esters is 2. The number of phosphoric acid groups is 1. The van der Waals surface area contributed by atoms with Crippen molar-refractivity contribution in [2.45, 2.75) is 186 Å². The molecule has 0 aliphatic rings. The summed E-state index contributed by atoms with van der Waals surface area (Å²) in [4.78, 5) is 42.5. The van der Waals surface area contributed by atoms with Gasteiger partial charge in [0.2, 0.25) is 0 Å². The lowest BCUT2D eigenvalue weighted by Crippen LogP contribution is -2.29. The van der Waals surface area contributed by atoms with Crippen LogP contribution in [0.2, 0.25) is 0 Å². The van der Waals surface area contributed by atoms with Crippen LogP contribution in [0, 0.1) is 6.92 Å². The number of phosphoric ester groups is 1. The van der Waals surface area contributed by atoms with Gasteiger partial charge >= 0.3 is 19.8 Å². The molecule has 0 fully saturated rings. The van der Waals surface area contributed by atoms with Gasteiger partial charge in [0.05, 0.1) is 6.61 Å². The Morgan fingerprint density at radius 2 is 0.953 bits per heavy atom. The van der Waals surface area contributed by atoms with E-state index in [0.717, 1.165) is 44.9 Å². The molecule has 0 unspecified atom stereocenters. The first-order valence-electron chi connectivity index (χ1n) is 17.6. The second kappa shape index (κ2) is 31.0. The number of carbonyl (C=O) groups is 2. The molecule has 0 rings (SSSR count). The van der Waals surface area contributed by atoms with Crippen LogP contribution in [0.15, 0.2) is 0 Å². The lowest BCUT2D eigenvalue weighted by atomic mass is 10.0. The second-order valence-corrected chi connectivity index (χ2v) is 13.3. The molecule has 0 spiro atoms. The van der Waals surface area contributed by atoms with Crippen molar-refractivity contribution in [2.75, 3.05) is 13.2 Å². The SMILES string of the molecule is [CH2-]CCCCCCCCCCCC(=O)O[C@H](COC(=O)CCCCCCCCCCCCCCCCC)COP(=O)(O)O. The first kappa shape index (κ1) is 42.0. The normalized spacial score (nSPS) is 12.4. The van der Waals surface area contributed by atoms with Crippen molar-refractivity contribution >= 4 is 19.8 Å². The fraction of sp³-hybridized carbons (Fsp3) is 0.912. The van der Waals surface area contributed by atoms with Crippen LogP contribution in [0.4, 0.5) is 0 Å². The molecule has 0 saturated heterocycles. The minimum Gasteiger partial charge on any atom is -0.462 e. The zero-order chi connectivity index (χ0) is 31.9. The van der Waals surface area contributed by atoms with Gasteiger partial charge in [-0.05, 0) is 12.8 Å². The monoisotopic (exact) mass is 633 g/mol. The lowest BCUT2D eigenvalue weighted by molar-refractivity contribution is -0.161. The Bertz CT molecular complexity index is 681. The van der Waals surface area contributed by atoms with Crippen LogP contribution in [0.25, 0.3) is 0 Å². The van der Waals surface area contributed by atoms with Gasteiger partial charge in [-0.25, -0.2) is 4.57 Å². The van der Waals surface area contributed by atoms with Crippen LogP contribution in [0.3, 0.4) is 0 Å². The zero-order valence-corrected chi connectivity index (χ0v) is 28.5. The molecule has 0 heterocycles. The molecule has 0 saturated carbocycles. The molecule has 8 nitrogen and oxygen atoms in total. The number of rotatable bonds is 33. The van der Waals surface area contributed by atoms with Crippen molar-refractivity contribution in [2.24, 2.45) is 0 Å². The molecule has 256 valence electrons. The van der Waals surface area contributed by atoms with Crippen LogP contribution in [-0.2, 0) is 28.2 Å². The van der Waals surface area contributed by atoms with E-state index in [1.165, 1.54) is 109 Å². The molecule has 0 aromatic rings. The van der Waals surface area contributed by atoms with Crippen LogP contribution >= 0.6 is 7.82 Å². The van der Waals surface area contributed by atoms with Crippen LogP contribution < -0.4 is 0 Å². The van der Waals surface area contributed by atoms with E-state index in [2.05, 4.69) is 18.4 Å². The minimum absolute atomic E-state index is 0.211. The van der Waals surface area contributed by atoms with E-state index in [0.29, 0.717) is 6.42 Å². The number of unbranched alkanes of at least 4 members (excludes halogenated alkanes) is 23. The van der Waals surface area contributed by atoms with Gasteiger partial charge in [0, 0.05) is 12.8 Å². The van der Waals surface area contributed by atoms with Gasteiger partial charge in [0.1, 0.15) is 6.61 Å². The summed E-state index contributed by atoms with van der Waals surface area (Å²) < 4.78 is 26.2. The van der Waals surface area contributed by atoms with Gasteiger partial charge < -0.3 is 26.2 Å². The molecule has 2 N–H and O–H groups in total. The van der Waals surface area contributed by atoms with E-state index >= 15 is 0 Å². The maximum absolute atomic E-state index is 12.3. The Balaban J connectivity index is 3.92. The number of hydrogen-bond donors (Lipinski definition) is 2. The van der Waals surface area contributed by atoms with Crippen molar-refractivity contribution in [3.8, 4) is 0 Å². The number of hydrogen-bond acceptors (Lipinski definition) is 6. The van der Waals surface area contributed by atoms with Gasteiger partial charge in [-0.15, -0.1) is 0 Å². The lowest BCUT2D eigenvalue weighted by Gasteiger charge is -2.18. The fourth-order valence-electron chi connectivity index (χ4n) is 5.12. The average molecular weight is 634 g/mol. The maximum atomic E-state index is 12.3. The smallest absolute Gasteiger partial charge is 0.462 e. The summed E-state index contributed by atoms with van der Waals surface area (Å²) in [7, 11) is -4.74. The molecular weight excluding hydrogens is 567 g/mol. The van der Waals surface area contributed by atoms with Crippen LogP contribution in [0.1, 0.15) is 180 Å². The van der Waals surface area contributed by atoms with Crippen molar-refractivity contribution < 1.29 is 37.9 Å². The van der Waals surface area contributed by atoms with E-state index in [9.17, 15) is 14.2 Å². The predicted molar refractivity (Wildman–Crippen MR) is 175 cm³/mol. The summed E-state index contributed by atoms with van der Waals surface area (Å²) in [6, 6.07) is 0. The fourth-order valence-corrected chi connectivity index (χ4v) is 5.48. The topological polar surface area (TPSA) is 119 Å². The molecule has 0 aromatic heterocycles. The third-order valence-electron chi connectivity index (χ3n) is 7.77. The Kier molecular flexibility index (Phi) is 30.4. The van der Waals surface area contributed by atoms with Gasteiger partial charge in [-0.2, -0.15) is 6.42 Å². The van der Waals surface area contributed by atoms with E-state index in [-0.39, 0.29) is 19.4 Å². The summed E-state index contributed by atoms with van der Waals surface area (Å²) in [6.45, 7) is 5.30. The Labute approximate surface area is 264 Å². The Hall–Kier alpha value is -0.950. The van der Waals surface area contributed by atoms with Crippen molar-refractivity contribution in [3.05, 3.63) is 6.92 Å². The molecule has 0 aliphatic heterocycles. The van der Waals surface area contributed by atoms with Gasteiger partial charge in [-0.1, -0.05) is 148 Å². The summed E-state index contributed by atoms with van der Waals surface area (Å²) in [6.07, 6.45) is 29.1. The second-order valence-electron chi connectivity index (χ2n) is 12.1. The maximum Gasteiger partial charge on any atom is 0.469 e. The molecule has 0 amide bonds. The van der Waals surface area contributed by atoms with Gasteiger partial charge in [0.15, 0.2) is 6.10 Å². The molecule has 1 atom stereocenters. The zero-order valence-electron chi connectivity index (χ0n) is 27.6. The third-order valence-corrected chi connectivity index (χ3v) is 8.26. The highest BCUT2D eigenvalue weighted by Crippen LogP contribution is 2.36. The molecule has 9 heteroatoms. The van der Waals surface area contributed by atoms with Crippen LogP contribution in [-0.4, -0.2) is 41.0 Å². The van der Waals surface area contributed by atoms with Crippen molar-refractivity contribution in [1.82, 2.24) is 0 Å². The van der Waals surface area contributed by atoms with E-state index in [1.807, 2.05) is 0 Å². The molecule has 43 heavy (non-hydrogen) atoms. The largest absolute Gasteiger partial charge is 0.469 e. The minimum atomic E-state index is -4.74. The molecule has 0 radical (unpaired) electrons. The Morgan fingerprint density at radius 3 is 1.35 bits per heavy atom. The predicted octanol–water partition coefficient (Wildman–Crippen LogP) is 9.94. The van der Waals surface area contributed by atoms with Crippen LogP contribution in [0.5, 0.6) is 0 Å². The summed E-state index contributed by atoms with van der Waals surface area (Å²) in [5.74, 6) is -0.885. The van der Waals surface area contributed by atoms with Crippen molar-refractivity contribution in [1.29, 1.82) is 0 Å². The van der Waals surface area contributed by atoms with E-state index in [1.54, 1.807) is 0 Å². The van der Waals surface area contributed by atoms with E-state index < -0.39 is 32.5 Å². The number of carbonyl (C=O) groups excluding carboxylic acids is 2. The molecular formula is C34H66O8P-. The van der Waals surface area contributed by atoms with E-state index in [4.69, 9.17) is 19.3 Å². The van der Waals surface area contributed by atoms with Gasteiger partial charge in [-0.3, -0.25) is 14.1 Å². The summed E-state index contributed by atoms with van der Waals surface area (Å²) in [5.41, 5.74) is 0. The molecule has 0 aromatic carbocycles. The average Bonchev–Trinajstić information content (AvgIpc) is 2.97. The Morgan fingerprint density at radius 1 is 0.581 bits per heavy atom. The first-order chi connectivity index (χ1) is 20.8. The first-order valence-corrected chi connectivity index (χ1v) is 19.2. The van der Waals surface area contributed by atoms with Crippen molar-refractivity contribution in [3.63, 3.8) is 0 Å². The number of ether oxygens (including phenoxy) is 2. The highest BCUT2D eigenvalue weighted by atomic mass is 31.2. The third kappa shape index (κ3) is 33.8. The standard InChI is InChI=1S/C34H66O8P/c1-3-5-7-9-11-13-15-16-17-18-19-21-22-24-26-28-33(35)40-30-32(31-41-43(37,38)39)42-34(36)29-27-25-23-20-14-12-10-8-6-4-2/h32H,2-31H2,1H3,(H2,37,38,39)/q-1/t32-/m1/s1.